The van der Waals surface area contributed by atoms with Gasteiger partial charge in [-0.3, -0.25) is 0 Å². The van der Waals surface area contributed by atoms with Crippen LogP contribution in [-0.4, -0.2) is 31.7 Å². The van der Waals surface area contributed by atoms with Gasteiger partial charge < -0.3 is 9.84 Å². The number of ether oxygens (including phenoxy) is 1. The minimum atomic E-state index is -0.764. The molecule has 2 rings (SSSR count). The first-order valence-corrected chi connectivity index (χ1v) is 6.81. The van der Waals surface area contributed by atoms with Crippen LogP contribution in [0.3, 0.4) is 0 Å². The lowest BCUT2D eigenvalue weighted by atomic mass is 10.1. The second-order valence-corrected chi connectivity index (χ2v) is 5.90. The van der Waals surface area contributed by atoms with Crippen molar-refractivity contribution in [2.24, 2.45) is 0 Å². The van der Waals surface area contributed by atoms with E-state index < -0.39 is 23.5 Å². The molecular formula is C15H18FN3O3. The van der Waals surface area contributed by atoms with Crippen molar-refractivity contribution in [3.63, 3.8) is 0 Å². The maximum atomic E-state index is 14.1. The SMILES string of the molecule is C[C@H](O)c1cnn(-c2ccc(C(=O)OC(C)(C)C)c(F)c2)n1. The van der Waals surface area contributed by atoms with Gasteiger partial charge in [0.05, 0.1) is 23.6 Å². The predicted octanol–water partition coefficient (Wildman–Crippen LogP) is 2.42. The highest BCUT2D eigenvalue weighted by atomic mass is 19.1. The molecule has 1 N–H and O–H groups in total. The van der Waals surface area contributed by atoms with Gasteiger partial charge in [-0.25, -0.2) is 9.18 Å². The number of halogens is 1. The van der Waals surface area contributed by atoms with Gasteiger partial charge in [-0.2, -0.15) is 15.0 Å². The van der Waals surface area contributed by atoms with E-state index in [0.717, 1.165) is 6.07 Å². The molecule has 0 bridgehead atoms. The summed E-state index contributed by atoms with van der Waals surface area (Å²) in [6.45, 7) is 6.69. The Kier molecular flexibility index (Phi) is 4.27. The molecule has 0 spiro atoms. The number of aliphatic hydroxyl groups is 1. The molecule has 1 aromatic carbocycles. The Bertz CT molecular complexity index is 690. The van der Waals surface area contributed by atoms with Crippen molar-refractivity contribution in [3.8, 4) is 5.69 Å². The van der Waals surface area contributed by atoms with Gasteiger partial charge in [0.15, 0.2) is 0 Å². The normalized spacial score (nSPS) is 13.0. The number of rotatable bonds is 3. The Hall–Kier alpha value is -2.28. The third-order valence-electron chi connectivity index (χ3n) is 2.74. The van der Waals surface area contributed by atoms with Crippen molar-refractivity contribution in [1.29, 1.82) is 0 Å². The summed E-state index contributed by atoms with van der Waals surface area (Å²) in [5.41, 5.74) is -0.132. The number of benzene rings is 1. The maximum Gasteiger partial charge on any atom is 0.341 e. The first kappa shape index (κ1) is 16.1. The van der Waals surface area contributed by atoms with Gasteiger partial charge in [-0.15, -0.1) is 0 Å². The summed E-state index contributed by atoms with van der Waals surface area (Å²) in [4.78, 5) is 13.1. The van der Waals surface area contributed by atoms with Crippen molar-refractivity contribution in [1.82, 2.24) is 15.0 Å². The fraction of sp³-hybridized carbons (Fsp3) is 0.400. The molecule has 0 fully saturated rings. The van der Waals surface area contributed by atoms with Gasteiger partial charge in [0.2, 0.25) is 0 Å². The molecule has 22 heavy (non-hydrogen) atoms. The fourth-order valence-electron chi connectivity index (χ4n) is 1.72. The van der Waals surface area contributed by atoms with E-state index in [9.17, 15) is 14.3 Å². The topological polar surface area (TPSA) is 77.2 Å². The number of aromatic nitrogens is 3. The maximum absolute atomic E-state index is 14.1. The Morgan fingerprint density at radius 3 is 2.59 bits per heavy atom. The second kappa shape index (κ2) is 5.84. The van der Waals surface area contributed by atoms with Crippen LogP contribution in [0.1, 0.15) is 49.9 Å². The monoisotopic (exact) mass is 307 g/mol. The number of hydrogen-bond donors (Lipinski definition) is 1. The molecule has 1 heterocycles. The van der Waals surface area contributed by atoms with E-state index >= 15 is 0 Å². The summed E-state index contributed by atoms with van der Waals surface area (Å²) < 4.78 is 19.2. The van der Waals surface area contributed by atoms with Gasteiger partial charge in [0, 0.05) is 6.07 Å². The zero-order valence-electron chi connectivity index (χ0n) is 12.9. The van der Waals surface area contributed by atoms with E-state index in [2.05, 4.69) is 10.2 Å². The van der Waals surface area contributed by atoms with Crippen LogP contribution in [-0.2, 0) is 4.74 Å². The van der Waals surface area contributed by atoms with Crippen molar-refractivity contribution < 1.29 is 19.0 Å². The molecule has 118 valence electrons. The van der Waals surface area contributed by atoms with Crippen LogP contribution >= 0.6 is 0 Å². The average Bonchev–Trinajstić information content (AvgIpc) is 2.85. The van der Waals surface area contributed by atoms with Crippen LogP contribution in [0.15, 0.2) is 24.4 Å². The first-order chi connectivity index (χ1) is 10.2. The second-order valence-electron chi connectivity index (χ2n) is 5.90. The minimum Gasteiger partial charge on any atom is -0.456 e. The molecule has 6 nitrogen and oxygen atoms in total. The number of carbonyl (C=O) groups is 1. The molecule has 2 aromatic rings. The molecule has 0 aliphatic rings. The number of carbonyl (C=O) groups excluding carboxylic acids is 1. The van der Waals surface area contributed by atoms with E-state index in [1.54, 1.807) is 27.7 Å². The van der Waals surface area contributed by atoms with Crippen molar-refractivity contribution >= 4 is 5.97 Å². The molecule has 0 aliphatic carbocycles. The summed E-state index contributed by atoms with van der Waals surface area (Å²) in [7, 11) is 0. The summed E-state index contributed by atoms with van der Waals surface area (Å²) in [5.74, 6) is -1.45. The summed E-state index contributed by atoms with van der Waals surface area (Å²) in [6, 6.07) is 3.98. The van der Waals surface area contributed by atoms with Crippen LogP contribution in [0.2, 0.25) is 0 Å². The summed E-state index contributed by atoms with van der Waals surface area (Å²) in [6.07, 6.45) is 0.629. The molecule has 0 saturated carbocycles. The van der Waals surface area contributed by atoms with Crippen molar-refractivity contribution in [2.75, 3.05) is 0 Å². The lowest BCUT2D eigenvalue weighted by molar-refractivity contribution is 0.00647. The minimum absolute atomic E-state index is 0.151. The first-order valence-electron chi connectivity index (χ1n) is 6.81. The molecule has 0 unspecified atom stereocenters. The van der Waals surface area contributed by atoms with Gasteiger partial charge in [-0.1, -0.05) is 0 Å². The average molecular weight is 307 g/mol. The van der Waals surface area contributed by atoms with E-state index in [1.165, 1.54) is 23.1 Å². The molecular weight excluding hydrogens is 289 g/mol. The lowest BCUT2D eigenvalue weighted by Crippen LogP contribution is -2.24. The van der Waals surface area contributed by atoms with Crippen LogP contribution in [0.25, 0.3) is 5.69 Å². The van der Waals surface area contributed by atoms with Crippen LogP contribution in [0.5, 0.6) is 0 Å². The number of hydrogen-bond acceptors (Lipinski definition) is 5. The predicted molar refractivity (Wildman–Crippen MR) is 77.1 cm³/mol. The molecule has 0 radical (unpaired) electrons. The Labute approximate surface area is 127 Å². The van der Waals surface area contributed by atoms with Gasteiger partial charge >= 0.3 is 5.97 Å². The van der Waals surface area contributed by atoms with E-state index in [-0.39, 0.29) is 5.56 Å². The van der Waals surface area contributed by atoms with Gasteiger partial charge in [-0.05, 0) is 39.8 Å². The number of esters is 1. The summed E-state index contributed by atoms with van der Waals surface area (Å²) in [5, 5.41) is 17.4. The van der Waals surface area contributed by atoms with Gasteiger partial charge in [0.1, 0.15) is 17.1 Å². The number of aliphatic hydroxyl groups excluding tert-OH is 1. The fourth-order valence-corrected chi connectivity index (χ4v) is 1.72. The third kappa shape index (κ3) is 3.67. The van der Waals surface area contributed by atoms with Gasteiger partial charge in [0.25, 0.3) is 0 Å². The smallest absolute Gasteiger partial charge is 0.341 e. The highest BCUT2D eigenvalue weighted by Crippen LogP contribution is 2.18. The Morgan fingerprint density at radius 1 is 1.41 bits per heavy atom. The van der Waals surface area contributed by atoms with Crippen molar-refractivity contribution in [2.45, 2.75) is 39.4 Å². The highest BCUT2D eigenvalue weighted by molar-refractivity contribution is 5.90. The zero-order chi connectivity index (χ0) is 16.5. The molecule has 1 aromatic heterocycles. The van der Waals surface area contributed by atoms with Crippen LogP contribution in [0, 0.1) is 5.82 Å². The summed E-state index contributed by atoms with van der Waals surface area (Å²) >= 11 is 0. The molecule has 1 atom stereocenters. The molecule has 0 saturated heterocycles. The Balaban J connectivity index is 2.27. The van der Waals surface area contributed by atoms with Crippen LogP contribution in [0.4, 0.5) is 4.39 Å². The zero-order valence-corrected chi connectivity index (χ0v) is 12.9. The molecule has 0 aliphatic heterocycles. The van der Waals surface area contributed by atoms with Crippen LogP contribution < -0.4 is 0 Å². The van der Waals surface area contributed by atoms with E-state index in [4.69, 9.17) is 4.74 Å². The van der Waals surface area contributed by atoms with E-state index in [0.29, 0.717) is 11.4 Å². The highest BCUT2D eigenvalue weighted by Gasteiger charge is 2.21. The third-order valence-corrected chi connectivity index (χ3v) is 2.74. The quantitative estimate of drug-likeness (QED) is 0.881. The largest absolute Gasteiger partial charge is 0.456 e. The Morgan fingerprint density at radius 2 is 2.09 bits per heavy atom. The molecule has 0 amide bonds. The standard InChI is InChI=1S/C15H18FN3O3/c1-9(20)13-8-17-19(18-13)10-5-6-11(12(16)7-10)14(21)22-15(2,3)4/h5-9,20H,1-4H3/t9-/m0/s1. The number of nitrogens with zero attached hydrogens (tertiary/aromatic N) is 3. The molecule has 7 heteroatoms. The van der Waals surface area contributed by atoms with Crippen molar-refractivity contribution in [3.05, 3.63) is 41.5 Å². The van der Waals surface area contributed by atoms with E-state index in [1.807, 2.05) is 0 Å². The lowest BCUT2D eigenvalue weighted by Gasteiger charge is -2.19.